The van der Waals surface area contributed by atoms with E-state index in [2.05, 4.69) is 31.7 Å². The van der Waals surface area contributed by atoms with E-state index in [9.17, 15) is 9.59 Å². The number of carboxylic acids is 1. The van der Waals surface area contributed by atoms with E-state index in [1.54, 1.807) is 16.9 Å². The van der Waals surface area contributed by atoms with Crippen molar-refractivity contribution in [3.05, 3.63) is 40.6 Å². The zero-order valence-electron chi connectivity index (χ0n) is 11.1. The third kappa shape index (κ3) is 3.82. The lowest BCUT2D eigenvalue weighted by Gasteiger charge is -2.09. The first-order valence-corrected chi connectivity index (χ1v) is 6.92. The molecular formula is C13H13BrN4O3. The molecule has 0 fully saturated rings. The summed E-state index contributed by atoms with van der Waals surface area (Å²) in [6.45, 7) is 2.62. The molecule has 3 N–H and O–H groups in total. The number of amides is 2. The lowest BCUT2D eigenvalue weighted by molar-refractivity contribution is 0.0698. The Kier molecular flexibility index (Phi) is 4.59. The predicted octanol–water partition coefficient (Wildman–Crippen LogP) is 3.01. The Morgan fingerprint density at radius 1 is 1.38 bits per heavy atom. The highest BCUT2D eigenvalue weighted by Crippen LogP contribution is 2.21. The third-order valence-corrected chi connectivity index (χ3v) is 3.17. The number of carboxylic acid groups (broad SMARTS) is 1. The van der Waals surface area contributed by atoms with Gasteiger partial charge in [-0.05, 0) is 25.1 Å². The van der Waals surface area contributed by atoms with Crippen LogP contribution in [0.5, 0.6) is 0 Å². The van der Waals surface area contributed by atoms with Gasteiger partial charge in [0.1, 0.15) is 0 Å². The standard InChI is InChI=1S/C13H13BrN4O3/c1-2-18-7-9(6-15-18)16-13(21)17-11-4-3-8(14)5-10(11)12(19)20/h3-7H,2H2,1H3,(H,19,20)(H2,16,17,21). The fourth-order valence-electron chi connectivity index (χ4n) is 1.69. The second-order valence-electron chi connectivity index (χ2n) is 4.16. The highest BCUT2D eigenvalue weighted by molar-refractivity contribution is 9.10. The fraction of sp³-hybridized carbons (Fsp3) is 0.154. The quantitative estimate of drug-likeness (QED) is 0.787. The van der Waals surface area contributed by atoms with Gasteiger partial charge in [0.2, 0.25) is 0 Å². The molecule has 0 radical (unpaired) electrons. The number of carbonyl (C=O) groups is 2. The second kappa shape index (κ2) is 6.40. The van der Waals surface area contributed by atoms with E-state index in [-0.39, 0.29) is 11.3 Å². The molecular weight excluding hydrogens is 340 g/mol. The summed E-state index contributed by atoms with van der Waals surface area (Å²) < 4.78 is 2.29. The van der Waals surface area contributed by atoms with E-state index in [0.717, 1.165) is 0 Å². The maximum absolute atomic E-state index is 11.9. The third-order valence-electron chi connectivity index (χ3n) is 2.68. The number of halogens is 1. The number of hydrogen-bond acceptors (Lipinski definition) is 3. The molecule has 0 aliphatic rings. The molecule has 7 nitrogen and oxygen atoms in total. The zero-order valence-corrected chi connectivity index (χ0v) is 12.7. The minimum Gasteiger partial charge on any atom is -0.478 e. The van der Waals surface area contributed by atoms with Crippen LogP contribution in [-0.2, 0) is 6.54 Å². The van der Waals surface area contributed by atoms with E-state index in [1.807, 2.05) is 6.92 Å². The number of benzene rings is 1. The number of hydrogen-bond donors (Lipinski definition) is 3. The van der Waals surface area contributed by atoms with Gasteiger partial charge < -0.3 is 15.7 Å². The molecule has 0 atom stereocenters. The smallest absolute Gasteiger partial charge is 0.337 e. The molecule has 0 aliphatic carbocycles. The summed E-state index contributed by atoms with van der Waals surface area (Å²) in [6.07, 6.45) is 3.20. The second-order valence-corrected chi connectivity index (χ2v) is 5.07. The van der Waals surface area contributed by atoms with Crippen LogP contribution in [0.3, 0.4) is 0 Å². The SMILES string of the molecule is CCn1cc(NC(=O)Nc2ccc(Br)cc2C(=O)O)cn1. The Hall–Kier alpha value is -2.35. The molecule has 110 valence electrons. The highest BCUT2D eigenvalue weighted by Gasteiger charge is 2.13. The number of nitrogens with zero attached hydrogens (tertiary/aromatic N) is 2. The summed E-state index contributed by atoms with van der Waals surface area (Å²) in [6, 6.07) is 4.06. The van der Waals surface area contributed by atoms with Crippen LogP contribution >= 0.6 is 15.9 Å². The van der Waals surface area contributed by atoms with Crippen molar-refractivity contribution in [3.8, 4) is 0 Å². The lowest BCUT2D eigenvalue weighted by atomic mass is 10.2. The van der Waals surface area contributed by atoms with Crippen molar-refractivity contribution in [2.45, 2.75) is 13.5 Å². The van der Waals surface area contributed by atoms with Crippen LogP contribution in [0.25, 0.3) is 0 Å². The predicted molar refractivity (Wildman–Crippen MR) is 81.6 cm³/mol. The average molecular weight is 353 g/mol. The Bertz CT molecular complexity index is 684. The Morgan fingerprint density at radius 3 is 2.76 bits per heavy atom. The van der Waals surface area contributed by atoms with E-state index >= 15 is 0 Å². The van der Waals surface area contributed by atoms with Crippen molar-refractivity contribution in [2.75, 3.05) is 10.6 Å². The van der Waals surface area contributed by atoms with Crippen LogP contribution < -0.4 is 10.6 Å². The molecule has 21 heavy (non-hydrogen) atoms. The van der Waals surface area contributed by atoms with E-state index in [0.29, 0.717) is 16.7 Å². The summed E-state index contributed by atoms with van der Waals surface area (Å²) in [5.74, 6) is -1.12. The maximum atomic E-state index is 11.9. The highest BCUT2D eigenvalue weighted by atomic mass is 79.9. The Balaban J connectivity index is 2.10. The van der Waals surface area contributed by atoms with Crippen molar-refractivity contribution in [3.63, 3.8) is 0 Å². The molecule has 2 aromatic rings. The number of carbonyl (C=O) groups excluding carboxylic acids is 1. The molecule has 1 heterocycles. The van der Waals surface area contributed by atoms with Crippen molar-refractivity contribution >= 4 is 39.3 Å². The van der Waals surface area contributed by atoms with Crippen LogP contribution in [0.1, 0.15) is 17.3 Å². The van der Waals surface area contributed by atoms with E-state index in [4.69, 9.17) is 5.11 Å². The maximum Gasteiger partial charge on any atom is 0.337 e. The summed E-state index contributed by atoms with van der Waals surface area (Å²) in [5, 5.41) is 18.2. The molecule has 8 heteroatoms. The zero-order chi connectivity index (χ0) is 15.4. The topological polar surface area (TPSA) is 96.2 Å². The molecule has 1 aromatic carbocycles. The summed E-state index contributed by atoms with van der Waals surface area (Å²) >= 11 is 3.19. The summed E-state index contributed by atoms with van der Waals surface area (Å²) in [7, 11) is 0. The molecule has 1 aromatic heterocycles. The van der Waals surface area contributed by atoms with Gasteiger partial charge in [0, 0.05) is 17.2 Å². The van der Waals surface area contributed by atoms with Gasteiger partial charge in [-0.3, -0.25) is 4.68 Å². The number of aromatic carboxylic acids is 1. The first-order chi connectivity index (χ1) is 9.99. The Morgan fingerprint density at radius 2 is 2.14 bits per heavy atom. The van der Waals surface area contributed by atoms with Crippen LogP contribution in [0.15, 0.2) is 35.1 Å². The van der Waals surface area contributed by atoms with E-state index < -0.39 is 12.0 Å². The van der Waals surface area contributed by atoms with Crippen LogP contribution in [0.4, 0.5) is 16.2 Å². The largest absolute Gasteiger partial charge is 0.478 e. The average Bonchev–Trinajstić information content (AvgIpc) is 2.88. The number of urea groups is 1. The van der Waals surface area contributed by atoms with Gasteiger partial charge in [0.25, 0.3) is 0 Å². The summed E-state index contributed by atoms with van der Waals surface area (Å²) in [4.78, 5) is 23.0. The van der Waals surface area contributed by atoms with Gasteiger partial charge in [-0.2, -0.15) is 5.10 Å². The first kappa shape index (κ1) is 15.0. The lowest BCUT2D eigenvalue weighted by Crippen LogP contribution is -2.20. The Labute approximate surface area is 129 Å². The number of aromatic nitrogens is 2. The molecule has 0 bridgehead atoms. The van der Waals surface area contributed by atoms with Crippen molar-refractivity contribution in [1.29, 1.82) is 0 Å². The van der Waals surface area contributed by atoms with Crippen LogP contribution in [0, 0.1) is 0 Å². The van der Waals surface area contributed by atoms with Crippen molar-refractivity contribution in [1.82, 2.24) is 9.78 Å². The van der Waals surface area contributed by atoms with Crippen molar-refractivity contribution in [2.24, 2.45) is 0 Å². The van der Waals surface area contributed by atoms with Crippen LogP contribution in [0.2, 0.25) is 0 Å². The van der Waals surface area contributed by atoms with Gasteiger partial charge in [-0.1, -0.05) is 15.9 Å². The number of aryl methyl sites for hydroxylation is 1. The van der Waals surface area contributed by atoms with Crippen LogP contribution in [-0.4, -0.2) is 26.9 Å². The monoisotopic (exact) mass is 352 g/mol. The van der Waals surface area contributed by atoms with Gasteiger partial charge in [-0.25, -0.2) is 9.59 Å². The van der Waals surface area contributed by atoms with Gasteiger partial charge in [0.15, 0.2) is 0 Å². The molecule has 0 saturated carbocycles. The molecule has 0 saturated heterocycles. The minimum absolute atomic E-state index is 0.00350. The minimum atomic E-state index is -1.12. The van der Waals surface area contributed by atoms with Gasteiger partial charge in [-0.15, -0.1) is 0 Å². The first-order valence-electron chi connectivity index (χ1n) is 6.13. The normalized spacial score (nSPS) is 10.2. The fourth-order valence-corrected chi connectivity index (χ4v) is 2.05. The van der Waals surface area contributed by atoms with E-state index in [1.165, 1.54) is 18.3 Å². The number of rotatable bonds is 4. The molecule has 2 rings (SSSR count). The summed E-state index contributed by atoms with van der Waals surface area (Å²) in [5.41, 5.74) is 0.748. The molecule has 2 amide bonds. The van der Waals surface area contributed by atoms with Crippen molar-refractivity contribution < 1.29 is 14.7 Å². The number of anilines is 2. The molecule has 0 aliphatic heterocycles. The molecule has 0 spiro atoms. The molecule has 0 unspecified atom stereocenters. The number of nitrogens with one attached hydrogen (secondary N) is 2. The van der Waals surface area contributed by atoms with Gasteiger partial charge in [0.05, 0.1) is 23.1 Å². The van der Waals surface area contributed by atoms with Gasteiger partial charge >= 0.3 is 12.0 Å².